The largest absolute Gasteiger partial charge is 0.375 e. The summed E-state index contributed by atoms with van der Waals surface area (Å²) in [7, 11) is 1.59. The molecule has 6 amide bonds. The average Bonchev–Trinajstić information content (AvgIpc) is 3.47. The van der Waals surface area contributed by atoms with Crippen LogP contribution in [0.25, 0.3) is 22.0 Å². The number of pyridine rings is 2. The highest BCUT2D eigenvalue weighted by Crippen LogP contribution is 2.34. The molecule has 2 aromatic heterocycles. The first-order valence-corrected chi connectivity index (χ1v) is 18.2. The summed E-state index contributed by atoms with van der Waals surface area (Å²) in [4.78, 5) is 85.7. The number of rotatable bonds is 14. The Morgan fingerprint density at radius 1 is 0.839 bits per heavy atom. The molecule has 56 heavy (non-hydrogen) atoms. The Balaban J connectivity index is 0.884. The van der Waals surface area contributed by atoms with E-state index in [4.69, 9.17) is 0 Å². The molecule has 2 aliphatic rings. The van der Waals surface area contributed by atoms with Gasteiger partial charge < -0.3 is 26.6 Å². The van der Waals surface area contributed by atoms with Crippen molar-refractivity contribution in [2.24, 2.45) is 0 Å². The summed E-state index contributed by atoms with van der Waals surface area (Å²) in [5.41, 5.74) is 5.04. The smallest absolute Gasteiger partial charge is 0.264 e. The maximum atomic E-state index is 13.3. The maximum Gasteiger partial charge on any atom is 0.264 e. The third-order valence-electron chi connectivity index (χ3n) is 9.62. The van der Waals surface area contributed by atoms with E-state index in [9.17, 15) is 28.8 Å². The van der Waals surface area contributed by atoms with Crippen molar-refractivity contribution < 1.29 is 28.8 Å². The second-order valence-electron chi connectivity index (χ2n) is 13.3. The van der Waals surface area contributed by atoms with Gasteiger partial charge in [-0.25, -0.2) is 4.98 Å². The fourth-order valence-corrected chi connectivity index (χ4v) is 6.74. The number of aromatic nitrogens is 2. The van der Waals surface area contributed by atoms with Gasteiger partial charge in [0.15, 0.2) is 0 Å². The highest BCUT2D eigenvalue weighted by Gasteiger charge is 2.45. The second kappa shape index (κ2) is 16.5. The first-order chi connectivity index (χ1) is 27.2. The summed E-state index contributed by atoms with van der Waals surface area (Å²) < 4.78 is 0. The Labute approximate surface area is 321 Å². The monoisotopic (exact) mass is 753 g/mol. The Hall–Kier alpha value is -7.16. The lowest BCUT2D eigenvalue weighted by molar-refractivity contribution is -0.136. The number of piperidine rings is 1. The minimum absolute atomic E-state index is 0.0282. The molecule has 7 rings (SSSR count). The molecule has 1 saturated heterocycles. The normalized spacial score (nSPS) is 14.9. The van der Waals surface area contributed by atoms with E-state index in [1.165, 1.54) is 6.07 Å². The van der Waals surface area contributed by atoms with Crippen molar-refractivity contribution in [3.05, 3.63) is 108 Å². The van der Waals surface area contributed by atoms with Gasteiger partial charge in [-0.1, -0.05) is 30.3 Å². The molecule has 15 heteroatoms. The molecule has 15 nitrogen and oxygen atoms in total. The summed E-state index contributed by atoms with van der Waals surface area (Å²) in [6.07, 6.45) is 4.91. The number of benzene rings is 3. The molecule has 1 atom stereocenters. The van der Waals surface area contributed by atoms with E-state index in [1.807, 2.05) is 60.7 Å². The van der Waals surface area contributed by atoms with Gasteiger partial charge >= 0.3 is 0 Å². The lowest BCUT2D eigenvalue weighted by Gasteiger charge is -2.27. The van der Waals surface area contributed by atoms with Crippen LogP contribution in [0.1, 0.15) is 56.8 Å². The molecule has 0 spiro atoms. The molecule has 6 N–H and O–H groups in total. The van der Waals surface area contributed by atoms with Gasteiger partial charge in [0.2, 0.25) is 17.7 Å². The molecule has 0 bridgehead atoms. The van der Waals surface area contributed by atoms with Crippen LogP contribution in [0.3, 0.4) is 0 Å². The first kappa shape index (κ1) is 37.2. The van der Waals surface area contributed by atoms with Crippen molar-refractivity contribution in [2.45, 2.75) is 31.7 Å². The third kappa shape index (κ3) is 7.87. The summed E-state index contributed by atoms with van der Waals surface area (Å²) in [5.74, 6) is -2.21. The van der Waals surface area contributed by atoms with Crippen molar-refractivity contribution >= 4 is 69.2 Å². The summed E-state index contributed by atoms with van der Waals surface area (Å²) >= 11 is 0. The Bertz CT molecular complexity index is 2350. The molecule has 0 radical (unpaired) electrons. The van der Waals surface area contributed by atoms with Crippen molar-refractivity contribution in [3.8, 4) is 11.1 Å². The van der Waals surface area contributed by atoms with E-state index in [2.05, 4.69) is 41.9 Å². The van der Waals surface area contributed by atoms with Crippen LogP contribution < -0.4 is 31.9 Å². The Kier molecular flexibility index (Phi) is 10.9. The van der Waals surface area contributed by atoms with Crippen LogP contribution in [0.15, 0.2) is 91.3 Å². The fraction of sp³-hybridized carbons (Fsp3) is 0.220. The number of unbranched alkanes of at least 4 members (excludes halogenated alkanes) is 1. The zero-order chi connectivity index (χ0) is 39.2. The molecular weight excluding hydrogens is 715 g/mol. The summed E-state index contributed by atoms with van der Waals surface area (Å²) in [6.45, 7) is 0.940. The molecule has 3 aromatic carbocycles. The number of carbonyl (C=O) groups excluding carboxylic acids is 6. The Morgan fingerprint density at radius 3 is 2.41 bits per heavy atom. The fourth-order valence-electron chi connectivity index (χ4n) is 6.74. The third-order valence-corrected chi connectivity index (χ3v) is 9.62. The van der Waals surface area contributed by atoms with Crippen molar-refractivity contribution in [1.82, 2.24) is 30.8 Å². The molecular formula is C41H39N9O6. The highest BCUT2D eigenvalue weighted by molar-refractivity contribution is 6.25. The second-order valence-corrected chi connectivity index (χ2v) is 13.3. The number of fused-ring (bicyclic) bond motifs is 2. The average molecular weight is 754 g/mol. The number of nitrogens with zero attached hydrogens (tertiary/aromatic N) is 3. The lowest BCUT2D eigenvalue weighted by Crippen LogP contribution is -2.54. The predicted octanol–water partition coefficient (Wildman–Crippen LogP) is 4.22. The van der Waals surface area contributed by atoms with Crippen LogP contribution in [0.5, 0.6) is 0 Å². The van der Waals surface area contributed by atoms with Crippen molar-refractivity contribution in [1.29, 1.82) is 0 Å². The van der Waals surface area contributed by atoms with Crippen LogP contribution in [-0.4, -0.2) is 83.0 Å². The number of anilines is 4. The summed E-state index contributed by atoms with van der Waals surface area (Å²) in [5, 5.41) is 18.2. The topological polar surface area (TPSA) is 204 Å². The molecule has 0 aliphatic carbocycles. The van der Waals surface area contributed by atoms with Crippen molar-refractivity contribution in [2.75, 3.05) is 42.6 Å². The van der Waals surface area contributed by atoms with E-state index >= 15 is 0 Å². The lowest BCUT2D eigenvalue weighted by atomic mass is 10.0. The van der Waals surface area contributed by atoms with E-state index in [0.29, 0.717) is 42.3 Å². The number of nitrogens with one attached hydrogen (secondary N) is 6. The van der Waals surface area contributed by atoms with Gasteiger partial charge in [0.1, 0.15) is 11.9 Å². The van der Waals surface area contributed by atoms with Crippen LogP contribution in [0.4, 0.5) is 22.9 Å². The van der Waals surface area contributed by atoms with Gasteiger partial charge in [-0.05, 0) is 73.4 Å². The number of imide groups is 2. The van der Waals surface area contributed by atoms with Gasteiger partial charge in [0.25, 0.3) is 17.7 Å². The van der Waals surface area contributed by atoms with Crippen LogP contribution in [-0.2, 0) is 14.4 Å². The number of amides is 6. The van der Waals surface area contributed by atoms with Gasteiger partial charge in [-0.3, -0.25) is 44.0 Å². The molecule has 0 saturated carbocycles. The molecule has 1 unspecified atom stereocenters. The number of hydrogen-bond acceptors (Lipinski definition) is 11. The van der Waals surface area contributed by atoms with Gasteiger partial charge in [0.05, 0.1) is 34.4 Å². The predicted molar refractivity (Wildman–Crippen MR) is 210 cm³/mol. The van der Waals surface area contributed by atoms with E-state index in [0.717, 1.165) is 39.0 Å². The molecule has 2 aliphatic heterocycles. The van der Waals surface area contributed by atoms with E-state index in [-0.39, 0.29) is 42.3 Å². The Morgan fingerprint density at radius 2 is 1.64 bits per heavy atom. The maximum absolute atomic E-state index is 13.3. The van der Waals surface area contributed by atoms with Crippen LogP contribution >= 0.6 is 0 Å². The summed E-state index contributed by atoms with van der Waals surface area (Å²) in [6, 6.07) is 23.0. The minimum atomic E-state index is -1.07. The van der Waals surface area contributed by atoms with Crippen LogP contribution in [0, 0.1) is 0 Å². The number of para-hydroxylation sites is 1. The van der Waals surface area contributed by atoms with E-state index in [1.54, 1.807) is 31.6 Å². The standard InChI is InChI=1S/C41H39N9O6/c1-42-38(53)29-22-45-30-14-12-24(20-28(30)37(29)48-26-8-3-2-4-9-26)25-13-16-33(47-21-25)43-18-5-6-19-44-35(52)23-46-31-11-7-10-27-36(31)41(56)50(40(27)55)32-15-17-34(51)49-39(32)54/h2-4,7-14,16,20-22,32,46H,5-6,15,17-19,23H2,1H3,(H,42,53)(H,43,47)(H,44,52)(H,45,48)(H,49,51,54). The number of carbonyl (C=O) groups is 6. The van der Waals surface area contributed by atoms with Gasteiger partial charge in [0, 0.05) is 61.3 Å². The number of hydrogen-bond donors (Lipinski definition) is 6. The van der Waals surface area contributed by atoms with Crippen molar-refractivity contribution in [3.63, 3.8) is 0 Å². The molecule has 284 valence electrons. The highest BCUT2D eigenvalue weighted by atomic mass is 16.2. The van der Waals surface area contributed by atoms with E-state index < -0.39 is 29.7 Å². The SMILES string of the molecule is CNC(=O)c1cnc2ccc(-c3ccc(NCCCCNC(=O)CNc4cccc5c4C(=O)N(C4CCC(=O)NC4=O)C5=O)nc3)cc2c1Nc1ccccc1. The zero-order valence-corrected chi connectivity index (χ0v) is 30.5. The molecule has 4 heterocycles. The first-order valence-electron chi connectivity index (χ1n) is 18.2. The van der Waals surface area contributed by atoms with Gasteiger partial charge in [-0.2, -0.15) is 0 Å². The van der Waals surface area contributed by atoms with Gasteiger partial charge in [-0.15, -0.1) is 0 Å². The quantitative estimate of drug-likeness (QED) is 0.0700. The molecule has 1 fully saturated rings. The van der Waals surface area contributed by atoms with Crippen LogP contribution in [0.2, 0.25) is 0 Å². The zero-order valence-electron chi connectivity index (χ0n) is 30.5. The molecule has 5 aromatic rings. The minimum Gasteiger partial charge on any atom is -0.375 e.